The fourth-order valence-corrected chi connectivity index (χ4v) is 2.35. The Bertz CT molecular complexity index is 480. The number of nitrogens with two attached hydrogens (primary N) is 1. The van der Waals surface area contributed by atoms with E-state index in [9.17, 15) is 13.6 Å². The van der Waals surface area contributed by atoms with Crippen LogP contribution in [0.15, 0.2) is 16.6 Å². The summed E-state index contributed by atoms with van der Waals surface area (Å²) < 4.78 is 26.7. The number of nitrogens with one attached hydrogen (secondary N) is 1. The van der Waals surface area contributed by atoms with Gasteiger partial charge in [0.25, 0.3) is 0 Å². The van der Waals surface area contributed by atoms with E-state index in [0.29, 0.717) is 12.5 Å². The highest BCUT2D eigenvalue weighted by atomic mass is 79.9. The third-order valence-electron chi connectivity index (χ3n) is 2.90. The van der Waals surface area contributed by atoms with Crippen LogP contribution in [0, 0.1) is 23.5 Å². The van der Waals surface area contributed by atoms with Gasteiger partial charge in [0.1, 0.15) is 11.6 Å². The van der Waals surface area contributed by atoms with Gasteiger partial charge in [-0.25, -0.2) is 8.78 Å². The first kappa shape index (κ1) is 17.0. The maximum absolute atomic E-state index is 13.5. The van der Waals surface area contributed by atoms with E-state index in [-0.39, 0.29) is 28.4 Å². The molecule has 0 aliphatic carbocycles. The number of halogens is 3. The molecule has 0 saturated heterocycles. The minimum atomic E-state index is -0.799. The van der Waals surface area contributed by atoms with Gasteiger partial charge in [-0.3, -0.25) is 4.79 Å². The molecule has 0 aromatic heterocycles. The standard InChI is InChI=1S/C14H19BrF2N2O/c1-8(2)3-9(7-18)4-14(20)19-13-5-10(15)11(16)6-12(13)17/h5-6,8-9H,3-4,7,18H2,1-2H3,(H,19,20)/t9-/m0/s1. The van der Waals surface area contributed by atoms with E-state index in [0.717, 1.165) is 12.5 Å². The molecule has 0 unspecified atom stereocenters. The molecular formula is C14H19BrF2N2O. The summed E-state index contributed by atoms with van der Waals surface area (Å²) in [5, 5.41) is 2.45. The van der Waals surface area contributed by atoms with Crippen molar-refractivity contribution in [3.63, 3.8) is 0 Å². The van der Waals surface area contributed by atoms with Gasteiger partial charge < -0.3 is 11.1 Å². The molecule has 0 radical (unpaired) electrons. The molecule has 0 fully saturated rings. The number of hydrogen-bond donors (Lipinski definition) is 2. The molecule has 1 aromatic rings. The summed E-state index contributed by atoms with van der Waals surface area (Å²) in [4.78, 5) is 11.9. The normalized spacial score (nSPS) is 12.6. The zero-order valence-electron chi connectivity index (χ0n) is 11.6. The van der Waals surface area contributed by atoms with Gasteiger partial charge >= 0.3 is 0 Å². The Labute approximate surface area is 126 Å². The van der Waals surface area contributed by atoms with Crippen LogP contribution in [0.2, 0.25) is 0 Å². The second-order valence-electron chi connectivity index (χ2n) is 5.23. The van der Waals surface area contributed by atoms with Crippen molar-refractivity contribution in [3.05, 3.63) is 28.2 Å². The van der Waals surface area contributed by atoms with Crippen LogP contribution in [-0.4, -0.2) is 12.5 Å². The van der Waals surface area contributed by atoms with Crippen molar-refractivity contribution in [1.29, 1.82) is 0 Å². The van der Waals surface area contributed by atoms with Crippen LogP contribution < -0.4 is 11.1 Å². The number of benzene rings is 1. The van der Waals surface area contributed by atoms with Crippen LogP contribution in [0.1, 0.15) is 26.7 Å². The maximum Gasteiger partial charge on any atom is 0.224 e. The highest BCUT2D eigenvalue weighted by Gasteiger charge is 2.16. The summed E-state index contributed by atoms with van der Waals surface area (Å²) in [5.41, 5.74) is 5.59. The third-order valence-corrected chi connectivity index (χ3v) is 3.50. The Hall–Kier alpha value is -1.01. The molecule has 112 valence electrons. The monoisotopic (exact) mass is 348 g/mol. The van der Waals surface area contributed by atoms with Gasteiger partial charge in [0.15, 0.2) is 0 Å². The molecule has 3 N–H and O–H groups in total. The van der Waals surface area contributed by atoms with Crippen LogP contribution >= 0.6 is 15.9 Å². The van der Waals surface area contributed by atoms with Crippen LogP contribution in [-0.2, 0) is 4.79 Å². The Morgan fingerprint density at radius 2 is 2.00 bits per heavy atom. The first-order valence-electron chi connectivity index (χ1n) is 6.48. The Kier molecular flexibility index (Phi) is 6.55. The summed E-state index contributed by atoms with van der Waals surface area (Å²) in [7, 11) is 0. The van der Waals surface area contributed by atoms with E-state index < -0.39 is 11.6 Å². The van der Waals surface area contributed by atoms with Gasteiger partial charge in [-0.15, -0.1) is 0 Å². The molecule has 0 saturated carbocycles. The predicted octanol–water partition coefficient (Wildman–Crippen LogP) is 3.68. The molecule has 1 amide bonds. The molecule has 0 spiro atoms. The zero-order chi connectivity index (χ0) is 15.3. The molecule has 0 heterocycles. The summed E-state index contributed by atoms with van der Waals surface area (Å²) in [6, 6.07) is 1.94. The Balaban J connectivity index is 2.68. The molecule has 6 heteroatoms. The van der Waals surface area contributed by atoms with Gasteiger partial charge in [0.2, 0.25) is 5.91 Å². The smallest absolute Gasteiger partial charge is 0.224 e. The lowest BCUT2D eigenvalue weighted by Gasteiger charge is -2.16. The van der Waals surface area contributed by atoms with Crippen molar-refractivity contribution in [1.82, 2.24) is 0 Å². The quantitative estimate of drug-likeness (QED) is 0.770. The number of rotatable bonds is 6. The summed E-state index contributed by atoms with van der Waals surface area (Å²) in [5.74, 6) is -1.33. The highest BCUT2D eigenvalue weighted by molar-refractivity contribution is 9.10. The lowest BCUT2D eigenvalue weighted by molar-refractivity contribution is -0.117. The second-order valence-corrected chi connectivity index (χ2v) is 6.08. The zero-order valence-corrected chi connectivity index (χ0v) is 13.1. The van der Waals surface area contributed by atoms with E-state index in [1.165, 1.54) is 6.07 Å². The van der Waals surface area contributed by atoms with Crippen LogP contribution in [0.5, 0.6) is 0 Å². The minimum Gasteiger partial charge on any atom is -0.330 e. The summed E-state index contributed by atoms with van der Waals surface area (Å²) >= 11 is 2.95. The van der Waals surface area contributed by atoms with E-state index >= 15 is 0 Å². The average Bonchev–Trinajstić information content (AvgIpc) is 2.34. The number of amides is 1. The molecular weight excluding hydrogens is 330 g/mol. The largest absolute Gasteiger partial charge is 0.330 e. The van der Waals surface area contributed by atoms with Gasteiger partial charge in [0, 0.05) is 12.5 Å². The highest BCUT2D eigenvalue weighted by Crippen LogP contribution is 2.24. The van der Waals surface area contributed by atoms with Crippen molar-refractivity contribution in [2.75, 3.05) is 11.9 Å². The molecule has 0 bridgehead atoms. The minimum absolute atomic E-state index is 0.0383. The van der Waals surface area contributed by atoms with Gasteiger partial charge in [-0.05, 0) is 46.8 Å². The van der Waals surface area contributed by atoms with Crippen molar-refractivity contribution >= 4 is 27.5 Å². The number of hydrogen-bond acceptors (Lipinski definition) is 2. The van der Waals surface area contributed by atoms with E-state index in [4.69, 9.17) is 5.73 Å². The fourth-order valence-electron chi connectivity index (χ4n) is 2.01. The van der Waals surface area contributed by atoms with Crippen molar-refractivity contribution in [2.45, 2.75) is 26.7 Å². The van der Waals surface area contributed by atoms with Gasteiger partial charge in [-0.2, -0.15) is 0 Å². The average molecular weight is 349 g/mol. The van der Waals surface area contributed by atoms with Crippen molar-refractivity contribution < 1.29 is 13.6 Å². The molecule has 3 nitrogen and oxygen atoms in total. The SMILES string of the molecule is CC(C)C[C@H](CN)CC(=O)Nc1cc(Br)c(F)cc1F. The first-order valence-corrected chi connectivity index (χ1v) is 7.27. The van der Waals surface area contributed by atoms with Crippen LogP contribution in [0.25, 0.3) is 0 Å². The fraction of sp³-hybridized carbons (Fsp3) is 0.500. The lowest BCUT2D eigenvalue weighted by Crippen LogP contribution is -2.23. The third kappa shape index (κ3) is 5.17. The van der Waals surface area contributed by atoms with Gasteiger partial charge in [0.05, 0.1) is 10.2 Å². The van der Waals surface area contributed by atoms with E-state index in [2.05, 4.69) is 35.1 Å². The van der Waals surface area contributed by atoms with E-state index in [1.54, 1.807) is 0 Å². The molecule has 0 aliphatic heterocycles. The molecule has 0 aliphatic rings. The Morgan fingerprint density at radius 3 is 2.55 bits per heavy atom. The molecule has 1 rings (SSSR count). The maximum atomic E-state index is 13.5. The van der Waals surface area contributed by atoms with E-state index in [1.807, 2.05) is 0 Å². The number of anilines is 1. The van der Waals surface area contributed by atoms with Crippen LogP contribution in [0.3, 0.4) is 0 Å². The topological polar surface area (TPSA) is 55.1 Å². The number of carbonyl (C=O) groups is 1. The van der Waals surface area contributed by atoms with Crippen molar-refractivity contribution in [3.8, 4) is 0 Å². The number of carbonyl (C=O) groups excluding carboxylic acids is 1. The van der Waals surface area contributed by atoms with Crippen LogP contribution in [0.4, 0.5) is 14.5 Å². The molecule has 20 heavy (non-hydrogen) atoms. The molecule has 1 atom stereocenters. The first-order chi connectivity index (χ1) is 9.33. The van der Waals surface area contributed by atoms with Gasteiger partial charge in [-0.1, -0.05) is 13.8 Å². The second kappa shape index (κ2) is 7.69. The Morgan fingerprint density at radius 1 is 1.35 bits per heavy atom. The molecule has 1 aromatic carbocycles. The lowest BCUT2D eigenvalue weighted by atomic mass is 9.94. The predicted molar refractivity (Wildman–Crippen MR) is 79.3 cm³/mol. The summed E-state index contributed by atoms with van der Waals surface area (Å²) in [6.45, 7) is 4.51. The van der Waals surface area contributed by atoms with Crippen molar-refractivity contribution in [2.24, 2.45) is 17.6 Å². The summed E-state index contributed by atoms with van der Waals surface area (Å²) in [6.07, 6.45) is 1.06.